The third kappa shape index (κ3) is 4.01. The largest absolute Gasteiger partial charge is 0.510 e. The van der Waals surface area contributed by atoms with Crippen molar-refractivity contribution in [3.8, 4) is 11.5 Å². The minimum Gasteiger partial charge on any atom is -0.510 e. The standard InChI is InChI=1S/C33H22N4O10/c1-47-18-11-17(38)20-21(25(18)39)27(41)23-22(26(20)40)29(43)33(30(23)44)8-7-13-9-14-10-16(35-31(45)19(14)28(42)24(13)33)12-34-37-32(46)36-15-5-3-2-4-6-15/h2-6,9-12,42-44H,7-8H2,1H3,(H,35,45)(H2,36,37,46). The van der Waals surface area contributed by atoms with Crippen LogP contribution in [-0.4, -0.2) is 39.7 Å². The molecule has 14 nitrogen and oxygen atoms in total. The number of pyridine rings is 1. The first-order valence-corrected chi connectivity index (χ1v) is 14.1. The molecule has 1 heterocycles. The van der Waals surface area contributed by atoms with Gasteiger partial charge in [-0.3, -0.25) is 24.0 Å². The summed E-state index contributed by atoms with van der Waals surface area (Å²) in [5.74, 6) is -2.67. The number of benzene rings is 2. The van der Waals surface area contributed by atoms with Crippen molar-refractivity contribution in [1.29, 1.82) is 0 Å². The first kappa shape index (κ1) is 29.2. The summed E-state index contributed by atoms with van der Waals surface area (Å²) in [7, 11) is 1.11. The summed E-state index contributed by atoms with van der Waals surface area (Å²) in [5.41, 5.74) is -3.83. The number of phenolic OH excluding ortho intramolecular Hbond substituents is 1. The lowest BCUT2D eigenvalue weighted by Crippen LogP contribution is -2.51. The number of aliphatic hydroxyl groups is 2. The molecule has 0 bridgehead atoms. The van der Waals surface area contributed by atoms with Crippen molar-refractivity contribution < 1.29 is 24.9 Å². The van der Waals surface area contributed by atoms with Crippen LogP contribution < -0.4 is 53.2 Å². The van der Waals surface area contributed by atoms with E-state index in [0.717, 1.165) is 13.2 Å². The van der Waals surface area contributed by atoms with Crippen molar-refractivity contribution in [3.63, 3.8) is 0 Å². The second kappa shape index (κ2) is 10.2. The molecule has 1 spiro atoms. The first-order valence-electron chi connectivity index (χ1n) is 14.1. The number of aliphatic hydroxyl groups excluding tert-OH is 2. The highest BCUT2D eigenvalue weighted by Crippen LogP contribution is 2.54. The lowest BCUT2D eigenvalue weighted by molar-refractivity contribution is 0.252. The van der Waals surface area contributed by atoms with E-state index in [1.54, 1.807) is 36.4 Å². The van der Waals surface area contributed by atoms with Crippen molar-refractivity contribution in [3.05, 3.63) is 137 Å². The molecule has 4 aliphatic rings. The third-order valence-corrected chi connectivity index (χ3v) is 8.68. The molecule has 0 aliphatic heterocycles. The fraction of sp³-hybridized carbons (Fsp3) is 0.121. The zero-order valence-electron chi connectivity index (χ0n) is 24.3. The molecule has 1 aromatic heterocycles. The molecular weight excluding hydrogens is 612 g/mol. The Bertz CT molecular complexity index is 2730. The zero-order valence-corrected chi connectivity index (χ0v) is 24.3. The van der Waals surface area contributed by atoms with Crippen LogP contribution in [-0.2, 0) is 11.8 Å². The topological polar surface area (TPSA) is 225 Å². The Hall–Kier alpha value is -6.57. The van der Waals surface area contributed by atoms with E-state index in [2.05, 4.69) is 20.8 Å². The van der Waals surface area contributed by atoms with Crippen LogP contribution in [0.4, 0.5) is 10.5 Å². The highest BCUT2D eigenvalue weighted by Gasteiger charge is 2.53. The number of aromatic amines is 1. The zero-order chi connectivity index (χ0) is 33.4. The van der Waals surface area contributed by atoms with Gasteiger partial charge in [-0.15, -0.1) is 0 Å². The van der Waals surface area contributed by atoms with E-state index in [1.165, 1.54) is 12.3 Å². The van der Waals surface area contributed by atoms with E-state index in [4.69, 9.17) is 4.74 Å². The first-order chi connectivity index (χ1) is 22.5. The molecule has 47 heavy (non-hydrogen) atoms. The van der Waals surface area contributed by atoms with Crippen LogP contribution in [0.15, 0.2) is 77.6 Å². The number of carbonyl (C=O) groups excluding carboxylic acids is 1. The second-order valence-electron chi connectivity index (χ2n) is 11.1. The molecule has 234 valence electrons. The molecular formula is C33H22N4O10. The molecule has 1 atom stereocenters. The molecule has 6 N–H and O–H groups in total. The molecule has 2 aromatic carbocycles. The minimum atomic E-state index is -2.01. The normalized spacial score (nSPS) is 16.7. The summed E-state index contributed by atoms with van der Waals surface area (Å²) >= 11 is 0. The molecule has 14 heteroatoms. The number of ether oxygens (including phenoxy) is 1. The summed E-state index contributed by atoms with van der Waals surface area (Å²) in [6.45, 7) is 0. The van der Waals surface area contributed by atoms with Gasteiger partial charge in [0.05, 0.1) is 45.3 Å². The number of methoxy groups -OCH3 is 1. The number of aromatic nitrogens is 1. The Morgan fingerprint density at radius 1 is 0.915 bits per heavy atom. The number of phenols is 1. The number of H-pyrrole nitrogens is 1. The number of para-hydroxylation sites is 1. The van der Waals surface area contributed by atoms with E-state index in [0.29, 0.717) is 11.3 Å². The summed E-state index contributed by atoms with van der Waals surface area (Å²) in [4.78, 5) is 80.9. The fourth-order valence-electron chi connectivity index (χ4n) is 6.68. The van der Waals surface area contributed by atoms with Gasteiger partial charge in [0.15, 0.2) is 11.2 Å². The van der Waals surface area contributed by atoms with E-state index >= 15 is 0 Å². The summed E-state index contributed by atoms with van der Waals surface area (Å²) in [6.07, 6.45) is 1.18. The average molecular weight is 635 g/mol. The minimum absolute atomic E-state index is 0.104. The number of hydrazone groups is 1. The second-order valence-corrected chi connectivity index (χ2v) is 11.1. The Morgan fingerprint density at radius 3 is 2.28 bits per heavy atom. The number of nitrogens with zero attached hydrogens (tertiary/aromatic N) is 1. The van der Waals surface area contributed by atoms with E-state index < -0.39 is 82.6 Å². The smallest absolute Gasteiger partial charge is 0.339 e. The number of amides is 2. The molecule has 2 amide bonds. The molecule has 4 aliphatic carbocycles. The average Bonchev–Trinajstić information content (AvgIpc) is 3.53. The fourth-order valence-corrected chi connectivity index (χ4v) is 6.68. The monoisotopic (exact) mass is 634 g/mol. The molecule has 7 rings (SSSR count). The maximum Gasteiger partial charge on any atom is 0.339 e. The number of hydrogen-bond donors (Lipinski definition) is 6. The molecule has 0 saturated carbocycles. The van der Waals surface area contributed by atoms with Gasteiger partial charge in [-0.25, -0.2) is 10.2 Å². The number of nitrogens with one attached hydrogen (secondary N) is 3. The summed E-state index contributed by atoms with van der Waals surface area (Å²) in [6, 6.07) is 11.8. The number of aryl methyl sites for hydroxylation is 1. The molecule has 0 radical (unpaired) electrons. The maximum absolute atomic E-state index is 13.6. The van der Waals surface area contributed by atoms with Crippen molar-refractivity contribution in [1.82, 2.24) is 10.4 Å². The van der Waals surface area contributed by atoms with E-state index in [9.17, 15) is 44.1 Å². The molecule has 0 fully saturated rings. The van der Waals surface area contributed by atoms with Gasteiger partial charge in [0, 0.05) is 17.3 Å². The number of aromatic hydroxyl groups is 1. The Labute approximate surface area is 260 Å². The van der Waals surface area contributed by atoms with Gasteiger partial charge in [-0.05, 0) is 42.0 Å². The van der Waals surface area contributed by atoms with E-state index in [-0.39, 0.29) is 34.9 Å². The quantitative estimate of drug-likeness (QED) is 0.112. The van der Waals surface area contributed by atoms with Gasteiger partial charge in [0.1, 0.15) is 22.7 Å². The SMILES string of the molecule is COc1cc(=O)c2c(=O)c3c(c(=O)c=2c1=O)=C(O)C1(CCc2cc4cc(C=NNC(=O)Nc5ccccc5)[nH]c(=O)c4c(O)c21)C=3O. The van der Waals surface area contributed by atoms with E-state index in [1.807, 2.05) is 0 Å². The third-order valence-electron chi connectivity index (χ3n) is 8.68. The summed E-state index contributed by atoms with van der Waals surface area (Å²) < 4.78 is 4.89. The highest BCUT2D eigenvalue weighted by atomic mass is 16.5. The van der Waals surface area contributed by atoms with Gasteiger partial charge < -0.3 is 30.4 Å². The number of rotatable bonds is 4. The predicted molar refractivity (Wildman–Crippen MR) is 169 cm³/mol. The lowest BCUT2D eigenvalue weighted by atomic mass is 9.78. The highest BCUT2D eigenvalue weighted by molar-refractivity contribution is 5.96. The van der Waals surface area contributed by atoms with Crippen LogP contribution in [0, 0.1) is 10.4 Å². The van der Waals surface area contributed by atoms with Gasteiger partial charge in [-0.2, -0.15) is 5.10 Å². The van der Waals surface area contributed by atoms with Crippen LogP contribution >= 0.6 is 0 Å². The number of anilines is 1. The maximum atomic E-state index is 13.6. The molecule has 0 saturated heterocycles. The number of fused-ring (bicyclic) bond motifs is 4. The van der Waals surface area contributed by atoms with Crippen LogP contribution in [0.3, 0.4) is 0 Å². The lowest BCUT2D eigenvalue weighted by Gasteiger charge is -2.27. The van der Waals surface area contributed by atoms with Crippen molar-refractivity contribution in [2.75, 3.05) is 12.4 Å². The Morgan fingerprint density at radius 2 is 1.60 bits per heavy atom. The van der Waals surface area contributed by atoms with Crippen LogP contribution in [0.1, 0.15) is 23.2 Å². The number of carbonyl (C=O) groups is 1. The van der Waals surface area contributed by atoms with Crippen LogP contribution in [0.2, 0.25) is 0 Å². The predicted octanol–water partition coefficient (Wildman–Crippen LogP) is -0.331. The van der Waals surface area contributed by atoms with Gasteiger partial charge in [0.25, 0.3) is 5.56 Å². The van der Waals surface area contributed by atoms with Crippen molar-refractivity contribution in [2.24, 2.45) is 5.10 Å². The van der Waals surface area contributed by atoms with Crippen molar-refractivity contribution >= 4 is 40.2 Å². The van der Waals surface area contributed by atoms with Gasteiger partial charge >= 0.3 is 6.03 Å². The number of hydrogen-bond acceptors (Lipinski definition) is 11. The van der Waals surface area contributed by atoms with Crippen LogP contribution in [0.5, 0.6) is 11.5 Å². The molecule has 1 unspecified atom stereocenters. The van der Waals surface area contributed by atoms with Crippen LogP contribution in [0.25, 0.3) is 22.3 Å². The Balaban J connectivity index is 1.36. The van der Waals surface area contributed by atoms with Crippen molar-refractivity contribution in [2.45, 2.75) is 18.3 Å². The molecule has 3 aromatic rings. The summed E-state index contributed by atoms with van der Waals surface area (Å²) in [5, 5.41) is 38.2. The van der Waals surface area contributed by atoms with Gasteiger partial charge in [-0.1, -0.05) is 24.3 Å². The Kier molecular flexibility index (Phi) is 6.35. The van der Waals surface area contributed by atoms with Gasteiger partial charge in [0.2, 0.25) is 16.3 Å². The number of urea groups is 1.